The highest BCUT2D eigenvalue weighted by Crippen LogP contribution is 2.14. The third-order valence-corrected chi connectivity index (χ3v) is 5.31. The van der Waals surface area contributed by atoms with Crippen molar-refractivity contribution in [2.24, 2.45) is 0 Å². The molecule has 0 saturated heterocycles. The van der Waals surface area contributed by atoms with Crippen molar-refractivity contribution < 1.29 is 13.2 Å². The fourth-order valence-electron chi connectivity index (χ4n) is 1.36. The van der Waals surface area contributed by atoms with Crippen LogP contribution in [0.4, 0.5) is 0 Å². The molecule has 1 aromatic heterocycles. The van der Waals surface area contributed by atoms with E-state index in [9.17, 15) is 18.0 Å². The Kier molecular flexibility index (Phi) is 5.70. The molecule has 0 saturated carbocycles. The van der Waals surface area contributed by atoms with Gasteiger partial charge in [-0.2, -0.15) is 0 Å². The molecule has 0 aliphatic rings. The van der Waals surface area contributed by atoms with Crippen LogP contribution in [0.5, 0.6) is 0 Å². The predicted octanol–water partition coefficient (Wildman–Crippen LogP) is -0.0606. The van der Waals surface area contributed by atoms with Gasteiger partial charge in [0, 0.05) is 25.2 Å². The molecule has 7 nitrogen and oxygen atoms in total. The summed E-state index contributed by atoms with van der Waals surface area (Å²) in [5.74, 6) is -0.205. The number of aryl methyl sites for hydroxylation is 1. The average molecular weight is 307 g/mol. The van der Waals surface area contributed by atoms with Gasteiger partial charge in [-0.3, -0.25) is 9.59 Å². The summed E-state index contributed by atoms with van der Waals surface area (Å²) in [6, 6.07) is 0. The standard InChI is InChI=1S/C10H17N3O4S2/c1-3-5-11-8(14)4-6-12-19(16,17)9-7(2)13-10(15)18-9/h12H,3-6H2,1-2H3,(H,11,14)(H,13,15). The summed E-state index contributed by atoms with van der Waals surface area (Å²) in [7, 11) is -3.73. The first-order valence-corrected chi connectivity index (χ1v) is 8.13. The first kappa shape index (κ1) is 15.9. The van der Waals surface area contributed by atoms with E-state index in [0.29, 0.717) is 23.6 Å². The molecule has 108 valence electrons. The van der Waals surface area contributed by atoms with Gasteiger partial charge < -0.3 is 10.3 Å². The second kappa shape index (κ2) is 6.83. The molecule has 1 amide bonds. The third kappa shape index (κ3) is 4.77. The predicted molar refractivity (Wildman–Crippen MR) is 72.8 cm³/mol. The number of thiazole rings is 1. The van der Waals surface area contributed by atoms with Crippen molar-refractivity contribution in [3.63, 3.8) is 0 Å². The molecular formula is C10H17N3O4S2. The number of sulfonamides is 1. The van der Waals surface area contributed by atoms with Crippen molar-refractivity contribution in [1.29, 1.82) is 0 Å². The van der Waals surface area contributed by atoms with Crippen molar-refractivity contribution in [1.82, 2.24) is 15.0 Å². The molecular weight excluding hydrogens is 290 g/mol. The zero-order valence-corrected chi connectivity index (χ0v) is 12.4. The lowest BCUT2D eigenvalue weighted by atomic mass is 10.4. The number of amides is 1. The summed E-state index contributed by atoms with van der Waals surface area (Å²) in [5.41, 5.74) is 0.304. The van der Waals surface area contributed by atoms with Gasteiger partial charge in [-0.1, -0.05) is 18.3 Å². The molecule has 0 aliphatic carbocycles. The van der Waals surface area contributed by atoms with Gasteiger partial charge in [0.05, 0.1) is 0 Å². The average Bonchev–Trinajstić information content (AvgIpc) is 2.66. The van der Waals surface area contributed by atoms with E-state index in [-0.39, 0.29) is 23.1 Å². The summed E-state index contributed by atoms with van der Waals surface area (Å²) in [6.07, 6.45) is 0.894. The summed E-state index contributed by atoms with van der Waals surface area (Å²) in [4.78, 5) is 24.3. The van der Waals surface area contributed by atoms with Crippen LogP contribution in [0.15, 0.2) is 9.00 Å². The van der Waals surface area contributed by atoms with Crippen LogP contribution in [0.25, 0.3) is 0 Å². The van der Waals surface area contributed by atoms with E-state index in [2.05, 4.69) is 15.0 Å². The quantitative estimate of drug-likeness (QED) is 0.655. The Morgan fingerprint density at radius 1 is 1.37 bits per heavy atom. The van der Waals surface area contributed by atoms with Crippen molar-refractivity contribution in [3.8, 4) is 0 Å². The normalized spacial score (nSPS) is 11.5. The van der Waals surface area contributed by atoms with Crippen molar-refractivity contribution in [2.45, 2.75) is 30.9 Å². The molecule has 0 bridgehead atoms. The largest absolute Gasteiger partial charge is 0.356 e. The number of rotatable bonds is 7. The number of hydrogen-bond acceptors (Lipinski definition) is 5. The SMILES string of the molecule is CCCNC(=O)CCNS(=O)(=O)c1sc(=O)[nH]c1C. The van der Waals surface area contributed by atoms with Crippen LogP contribution in [-0.4, -0.2) is 32.4 Å². The number of aromatic amines is 1. The maximum Gasteiger partial charge on any atom is 0.305 e. The molecule has 0 aliphatic heterocycles. The Morgan fingerprint density at radius 3 is 2.58 bits per heavy atom. The van der Waals surface area contributed by atoms with E-state index in [1.807, 2.05) is 6.92 Å². The molecule has 1 aromatic rings. The summed E-state index contributed by atoms with van der Waals surface area (Å²) < 4.78 is 26.0. The zero-order valence-electron chi connectivity index (χ0n) is 10.8. The second-order valence-electron chi connectivity index (χ2n) is 3.92. The smallest absolute Gasteiger partial charge is 0.305 e. The fourth-order valence-corrected chi connectivity index (χ4v) is 3.74. The van der Waals surface area contributed by atoms with Gasteiger partial charge in [-0.25, -0.2) is 13.1 Å². The molecule has 1 rings (SSSR count). The minimum atomic E-state index is -3.73. The summed E-state index contributed by atoms with van der Waals surface area (Å²) >= 11 is 0.632. The molecule has 0 atom stereocenters. The maximum atomic E-state index is 11.9. The van der Waals surface area contributed by atoms with Gasteiger partial charge in [0.25, 0.3) is 10.0 Å². The van der Waals surface area contributed by atoms with Gasteiger partial charge in [0.1, 0.15) is 0 Å². The van der Waals surface area contributed by atoms with Crippen molar-refractivity contribution in [3.05, 3.63) is 15.4 Å². The topological polar surface area (TPSA) is 108 Å². The number of carbonyl (C=O) groups is 1. The Bertz CT molecular complexity index is 588. The fraction of sp³-hybridized carbons (Fsp3) is 0.600. The van der Waals surface area contributed by atoms with Gasteiger partial charge in [0.15, 0.2) is 4.21 Å². The van der Waals surface area contributed by atoms with Gasteiger partial charge >= 0.3 is 4.87 Å². The van der Waals surface area contributed by atoms with E-state index >= 15 is 0 Å². The van der Waals surface area contributed by atoms with Crippen LogP contribution >= 0.6 is 11.3 Å². The van der Waals surface area contributed by atoms with E-state index in [1.54, 1.807) is 0 Å². The molecule has 1 heterocycles. The molecule has 0 spiro atoms. The van der Waals surface area contributed by atoms with Crippen LogP contribution in [0.1, 0.15) is 25.5 Å². The molecule has 9 heteroatoms. The Morgan fingerprint density at radius 2 is 2.05 bits per heavy atom. The molecule has 3 N–H and O–H groups in total. The Hall–Kier alpha value is -1.19. The Labute approximate surface area is 115 Å². The first-order valence-electron chi connectivity index (χ1n) is 5.83. The number of H-pyrrole nitrogens is 1. The van der Waals surface area contributed by atoms with Crippen molar-refractivity contribution >= 4 is 27.3 Å². The lowest BCUT2D eigenvalue weighted by molar-refractivity contribution is -0.120. The monoisotopic (exact) mass is 307 g/mol. The van der Waals surface area contributed by atoms with Crippen LogP contribution in [0.2, 0.25) is 0 Å². The van der Waals surface area contributed by atoms with E-state index in [4.69, 9.17) is 0 Å². The lowest BCUT2D eigenvalue weighted by Crippen LogP contribution is -2.31. The number of aromatic nitrogens is 1. The van der Waals surface area contributed by atoms with Gasteiger partial charge in [-0.15, -0.1) is 0 Å². The highest BCUT2D eigenvalue weighted by atomic mass is 32.2. The van der Waals surface area contributed by atoms with Gasteiger partial charge in [0.2, 0.25) is 5.91 Å². The first-order chi connectivity index (χ1) is 8.86. The van der Waals surface area contributed by atoms with Crippen LogP contribution in [-0.2, 0) is 14.8 Å². The van der Waals surface area contributed by atoms with Crippen LogP contribution in [0, 0.1) is 6.92 Å². The Balaban J connectivity index is 2.55. The van der Waals surface area contributed by atoms with E-state index < -0.39 is 14.9 Å². The molecule has 0 radical (unpaired) electrons. The highest BCUT2D eigenvalue weighted by molar-refractivity contribution is 7.91. The molecule has 19 heavy (non-hydrogen) atoms. The van der Waals surface area contributed by atoms with E-state index in [1.165, 1.54) is 6.92 Å². The van der Waals surface area contributed by atoms with Crippen LogP contribution in [0.3, 0.4) is 0 Å². The second-order valence-corrected chi connectivity index (χ2v) is 6.87. The summed E-state index contributed by atoms with van der Waals surface area (Å²) in [5, 5.41) is 2.65. The number of nitrogens with one attached hydrogen (secondary N) is 3. The lowest BCUT2D eigenvalue weighted by Gasteiger charge is -2.06. The summed E-state index contributed by atoms with van der Waals surface area (Å²) in [6.45, 7) is 4.02. The highest BCUT2D eigenvalue weighted by Gasteiger charge is 2.20. The van der Waals surface area contributed by atoms with E-state index in [0.717, 1.165) is 6.42 Å². The van der Waals surface area contributed by atoms with Gasteiger partial charge in [-0.05, 0) is 13.3 Å². The van der Waals surface area contributed by atoms with Crippen molar-refractivity contribution in [2.75, 3.05) is 13.1 Å². The maximum absolute atomic E-state index is 11.9. The minimum absolute atomic E-state index is 0.00338. The third-order valence-electron chi connectivity index (χ3n) is 2.24. The molecule has 0 unspecified atom stereocenters. The molecule has 0 aromatic carbocycles. The number of hydrogen-bond donors (Lipinski definition) is 3. The zero-order chi connectivity index (χ0) is 14.5. The van der Waals surface area contributed by atoms with Crippen LogP contribution < -0.4 is 14.9 Å². The molecule has 0 fully saturated rings. The number of carbonyl (C=O) groups excluding carboxylic acids is 1. The minimum Gasteiger partial charge on any atom is -0.356 e.